The van der Waals surface area contributed by atoms with Crippen LogP contribution in [0.2, 0.25) is 0 Å². The van der Waals surface area contributed by atoms with Gasteiger partial charge in [-0.05, 0) is 0 Å². The van der Waals surface area contributed by atoms with Crippen LogP contribution in [0, 0.1) is 0 Å². The summed E-state index contributed by atoms with van der Waals surface area (Å²) in [6.07, 6.45) is 1.07. The molecule has 9 heavy (non-hydrogen) atoms. The van der Waals surface area contributed by atoms with Crippen molar-refractivity contribution in [3.05, 3.63) is 18.4 Å². The summed E-state index contributed by atoms with van der Waals surface area (Å²) in [6.45, 7) is 5.12. The number of nitrogens with two attached hydrogens (primary N) is 1. The molecule has 0 bridgehead atoms. The molecule has 0 aromatic heterocycles. The summed E-state index contributed by atoms with van der Waals surface area (Å²) in [6, 6.07) is 0. The average Bonchev–Trinajstić information content (AvgIpc) is 2.45. The second kappa shape index (κ2) is 5.09. The summed E-state index contributed by atoms with van der Waals surface area (Å²) < 4.78 is 4.50. The van der Waals surface area contributed by atoms with Crippen molar-refractivity contribution in [1.82, 2.24) is 0 Å². The molecule has 3 nitrogen and oxygen atoms in total. The van der Waals surface area contributed by atoms with Crippen LogP contribution in [0.15, 0.2) is 18.4 Å². The molecule has 0 radical (unpaired) electrons. The number of carbonyl (C=O) groups is 1. The van der Waals surface area contributed by atoms with Crippen molar-refractivity contribution in [2.24, 2.45) is 5.73 Å². The molecule has 0 aromatic rings. The van der Waals surface area contributed by atoms with E-state index in [1.54, 1.807) is 0 Å². The zero-order chi connectivity index (χ0) is 7.11. The summed E-state index contributed by atoms with van der Waals surface area (Å²) in [7, 11) is 0. The molecule has 0 spiro atoms. The lowest BCUT2D eigenvalue weighted by molar-refractivity contribution is -0.113. The van der Waals surface area contributed by atoms with Crippen LogP contribution in [0.1, 0.15) is 0 Å². The maximum atomic E-state index is 9.66. The van der Waals surface area contributed by atoms with E-state index in [4.69, 9.17) is 0 Å². The van der Waals surface area contributed by atoms with Crippen LogP contribution in [0.5, 0.6) is 0 Å². The lowest BCUT2D eigenvalue weighted by Crippen LogP contribution is -2.04. The highest BCUT2D eigenvalue weighted by Crippen LogP contribution is 1.84. The Labute approximate surface area is 53.8 Å². The molecule has 50 valence electrons. The molecule has 3 heteroatoms. The van der Waals surface area contributed by atoms with Gasteiger partial charge in [0, 0.05) is 6.08 Å². The maximum Gasteiger partial charge on any atom is 0.249 e. The van der Waals surface area contributed by atoms with Crippen LogP contribution in [0.3, 0.4) is 0 Å². The highest BCUT2D eigenvalue weighted by atomic mass is 16.6. The summed E-state index contributed by atoms with van der Waals surface area (Å²) in [5, 5.41) is 0. The number of carbonyl (C=O) groups excluding carboxylic acids is 1. The topological polar surface area (TPSA) is 55.6 Å². The number of epoxide rings is 1. The fourth-order valence-electron chi connectivity index (χ4n) is 0.101. The smallest absolute Gasteiger partial charge is 0.249 e. The molecular weight excluding hydrogens is 118 g/mol. The van der Waals surface area contributed by atoms with E-state index >= 15 is 0 Å². The Hall–Kier alpha value is -1.05. The van der Waals surface area contributed by atoms with Gasteiger partial charge in [-0.25, -0.2) is 0 Å². The predicted octanol–water partition coefficient (Wildman–Crippen LogP) is -0.171. The molecule has 1 amide bonds. The first kappa shape index (κ1) is 7.95. The summed E-state index contributed by atoms with van der Waals surface area (Å²) >= 11 is 0. The lowest BCUT2D eigenvalue weighted by Gasteiger charge is -1.66. The third-order valence-corrected chi connectivity index (χ3v) is 0.448. The average molecular weight is 127 g/mol. The Bertz CT molecular complexity index is 131. The zero-order valence-electron chi connectivity index (χ0n) is 5.09. The molecule has 1 aliphatic heterocycles. The summed E-state index contributed by atoms with van der Waals surface area (Å²) in [5.41, 5.74) is 6.82. The molecule has 1 rings (SSSR count). The Balaban J connectivity index is 0.000000173. The van der Waals surface area contributed by atoms with E-state index in [0.717, 1.165) is 19.3 Å². The zero-order valence-corrected chi connectivity index (χ0v) is 5.09. The fraction of sp³-hybridized carbons (Fsp3) is 0.333. The number of hydrogen-bond acceptors (Lipinski definition) is 2. The van der Waals surface area contributed by atoms with Crippen LogP contribution in [-0.2, 0) is 9.53 Å². The quantitative estimate of drug-likeness (QED) is 0.302. The minimum absolute atomic E-state index is 0.509. The molecule has 0 atom stereocenters. The van der Waals surface area contributed by atoms with E-state index in [1.165, 1.54) is 0 Å². The number of hydrogen-bond donors (Lipinski definition) is 1. The van der Waals surface area contributed by atoms with Crippen molar-refractivity contribution >= 4 is 5.91 Å². The molecule has 1 heterocycles. The second-order valence-electron chi connectivity index (χ2n) is 1.36. The van der Waals surface area contributed by atoms with Crippen molar-refractivity contribution in [3.8, 4) is 0 Å². The molecular formula is C6H9NO2. The standard InChI is InChI=1S/C4H5NO.C2H4O/c1-2-3-4(5)6;1-2-3-1/h3H,1H2,(H2,5,6);1-2H2. The van der Waals surface area contributed by atoms with Crippen molar-refractivity contribution in [2.45, 2.75) is 0 Å². The van der Waals surface area contributed by atoms with Crippen LogP contribution in [0.4, 0.5) is 0 Å². The first-order valence-electron chi connectivity index (χ1n) is 2.50. The summed E-state index contributed by atoms with van der Waals surface area (Å²) in [4.78, 5) is 9.66. The van der Waals surface area contributed by atoms with Gasteiger partial charge in [0.05, 0.1) is 13.2 Å². The Morgan fingerprint density at radius 1 is 1.78 bits per heavy atom. The predicted molar refractivity (Wildman–Crippen MR) is 33.7 cm³/mol. The molecule has 1 saturated heterocycles. The molecule has 1 fully saturated rings. The van der Waals surface area contributed by atoms with Crippen molar-refractivity contribution < 1.29 is 9.53 Å². The van der Waals surface area contributed by atoms with E-state index in [2.05, 4.69) is 22.8 Å². The molecule has 0 aliphatic carbocycles. The van der Waals surface area contributed by atoms with Crippen LogP contribution < -0.4 is 5.73 Å². The molecule has 0 aromatic carbocycles. The number of rotatable bonds is 1. The van der Waals surface area contributed by atoms with Gasteiger partial charge in [0.1, 0.15) is 0 Å². The minimum Gasteiger partial charge on any atom is -0.377 e. The lowest BCUT2D eigenvalue weighted by atomic mass is 10.6. The van der Waals surface area contributed by atoms with Gasteiger partial charge in [0.15, 0.2) is 0 Å². The molecule has 2 N–H and O–H groups in total. The Morgan fingerprint density at radius 3 is 2.22 bits per heavy atom. The Morgan fingerprint density at radius 2 is 2.22 bits per heavy atom. The SMILES string of the molecule is C1CO1.C=C=CC(N)=O. The van der Waals surface area contributed by atoms with Gasteiger partial charge >= 0.3 is 0 Å². The van der Waals surface area contributed by atoms with Crippen LogP contribution in [0.25, 0.3) is 0 Å². The minimum atomic E-state index is -0.509. The maximum absolute atomic E-state index is 9.66. The van der Waals surface area contributed by atoms with Crippen molar-refractivity contribution in [3.63, 3.8) is 0 Å². The van der Waals surface area contributed by atoms with Gasteiger partial charge in [0.2, 0.25) is 5.91 Å². The van der Waals surface area contributed by atoms with Gasteiger partial charge in [-0.3, -0.25) is 4.79 Å². The van der Waals surface area contributed by atoms with Gasteiger partial charge in [-0.15, -0.1) is 5.73 Å². The van der Waals surface area contributed by atoms with Gasteiger partial charge in [-0.2, -0.15) is 0 Å². The van der Waals surface area contributed by atoms with E-state index in [-0.39, 0.29) is 0 Å². The molecule has 0 saturated carbocycles. The van der Waals surface area contributed by atoms with Gasteiger partial charge < -0.3 is 10.5 Å². The third kappa shape index (κ3) is 19.6. The highest BCUT2D eigenvalue weighted by Gasteiger charge is 1.94. The van der Waals surface area contributed by atoms with E-state index in [1.807, 2.05) is 0 Å². The number of ether oxygens (including phenoxy) is 1. The number of amides is 1. The first-order valence-corrected chi connectivity index (χ1v) is 2.50. The van der Waals surface area contributed by atoms with Gasteiger partial charge in [-0.1, -0.05) is 6.58 Å². The van der Waals surface area contributed by atoms with E-state index in [9.17, 15) is 4.79 Å². The molecule has 0 unspecified atom stereocenters. The highest BCUT2D eigenvalue weighted by molar-refractivity contribution is 5.85. The fourth-order valence-corrected chi connectivity index (χ4v) is 0.101. The van der Waals surface area contributed by atoms with Crippen LogP contribution >= 0.6 is 0 Å². The first-order chi connectivity index (χ1) is 4.27. The largest absolute Gasteiger partial charge is 0.377 e. The van der Waals surface area contributed by atoms with Crippen LogP contribution in [-0.4, -0.2) is 19.1 Å². The summed E-state index contributed by atoms with van der Waals surface area (Å²) in [5.74, 6) is -0.509. The second-order valence-corrected chi connectivity index (χ2v) is 1.36. The molecule has 1 aliphatic rings. The normalized spacial score (nSPS) is 12.0. The third-order valence-electron chi connectivity index (χ3n) is 0.448. The van der Waals surface area contributed by atoms with Crippen molar-refractivity contribution in [2.75, 3.05) is 13.2 Å². The number of primary amides is 1. The van der Waals surface area contributed by atoms with E-state index in [0.29, 0.717) is 0 Å². The van der Waals surface area contributed by atoms with E-state index < -0.39 is 5.91 Å². The van der Waals surface area contributed by atoms with Crippen molar-refractivity contribution in [1.29, 1.82) is 0 Å². The van der Waals surface area contributed by atoms with Gasteiger partial charge in [0.25, 0.3) is 0 Å². The monoisotopic (exact) mass is 127 g/mol. The Kier molecular flexibility index (Phi) is 4.50.